The first-order valence-electron chi connectivity index (χ1n) is 12.7. The van der Waals surface area contributed by atoms with Crippen LogP contribution in [0, 0.1) is 0 Å². The quantitative estimate of drug-likeness (QED) is 0.322. The van der Waals surface area contributed by atoms with Crippen molar-refractivity contribution in [1.29, 1.82) is 0 Å². The zero-order chi connectivity index (χ0) is 24.1. The average Bonchev–Trinajstić information content (AvgIpc) is 3.26. The van der Waals surface area contributed by atoms with Gasteiger partial charge in [-0.2, -0.15) is 0 Å². The van der Waals surface area contributed by atoms with Crippen molar-refractivity contribution in [3.63, 3.8) is 0 Å². The minimum atomic E-state index is -3.57. The molecule has 3 aromatic carbocycles. The second-order valence-corrected chi connectivity index (χ2v) is 11.2. The van der Waals surface area contributed by atoms with E-state index in [9.17, 15) is 8.42 Å². The van der Waals surface area contributed by atoms with Gasteiger partial charge in [0.2, 0.25) is 10.0 Å². The molecular formula is C29H33N3O2S. The first-order valence-corrected chi connectivity index (χ1v) is 14.2. The van der Waals surface area contributed by atoms with Crippen LogP contribution in [-0.4, -0.2) is 24.5 Å². The molecule has 1 fully saturated rings. The van der Waals surface area contributed by atoms with Crippen LogP contribution in [0.2, 0.25) is 0 Å². The highest BCUT2D eigenvalue weighted by atomic mass is 32.2. The van der Waals surface area contributed by atoms with Crippen LogP contribution in [0.25, 0.3) is 11.0 Å². The van der Waals surface area contributed by atoms with Crippen LogP contribution < -0.4 is 4.72 Å². The minimum absolute atomic E-state index is 0.311. The molecule has 0 atom stereocenters. The van der Waals surface area contributed by atoms with E-state index in [4.69, 9.17) is 4.98 Å². The molecule has 0 saturated heterocycles. The van der Waals surface area contributed by atoms with Crippen molar-refractivity contribution < 1.29 is 8.42 Å². The van der Waals surface area contributed by atoms with Gasteiger partial charge < -0.3 is 4.57 Å². The lowest BCUT2D eigenvalue weighted by Gasteiger charge is -2.22. The number of nitrogens with zero attached hydrogens (tertiary/aromatic N) is 2. The monoisotopic (exact) mass is 487 g/mol. The van der Waals surface area contributed by atoms with Crippen molar-refractivity contribution in [3.05, 3.63) is 95.8 Å². The molecule has 5 rings (SSSR count). The van der Waals surface area contributed by atoms with E-state index in [0.29, 0.717) is 23.9 Å². The summed E-state index contributed by atoms with van der Waals surface area (Å²) in [6.07, 6.45) is 7.95. The Kier molecular flexibility index (Phi) is 7.30. The van der Waals surface area contributed by atoms with Gasteiger partial charge in [-0.05, 0) is 60.6 Å². The van der Waals surface area contributed by atoms with E-state index in [-0.39, 0.29) is 0 Å². The summed E-state index contributed by atoms with van der Waals surface area (Å²) < 4.78 is 30.9. The molecule has 0 radical (unpaired) electrons. The van der Waals surface area contributed by atoms with Crippen LogP contribution in [0.4, 0.5) is 0 Å². The molecule has 0 aliphatic heterocycles. The molecule has 1 aliphatic rings. The third-order valence-electron chi connectivity index (χ3n) is 7.11. The van der Waals surface area contributed by atoms with E-state index in [1.807, 2.05) is 42.5 Å². The summed E-state index contributed by atoms with van der Waals surface area (Å²) in [6, 6.07) is 25.9. The number of hydrogen-bond acceptors (Lipinski definition) is 3. The van der Waals surface area contributed by atoms with Gasteiger partial charge in [-0.3, -0.25) is 0 Å². The number of imidazole rings is 1. The van der Waals surface area contributed by atoms with E-state index in [1.54, 1.807) is 12.1 Å². The van der Waals surface area contributed by atoms with Crippen molar-refractivity contribution in [3.8, 4) is 0 Å². The first kappa shape index (κ1) is 23.8. The third kappa shape index (κ3) is 5.65. The number of para-hydroxylation sites is 2. The molecule has 0 unspecified atom stereocenters. The molecule has 1 aliphatic carbocycles. The van der Waals surface area contributed by atoms with Gasteiger partial charge in [0.15, 0.2) is 0 Å². The molecule has 5 nitrogen and oxygen atoms in total. The molecule has 0 spiro atoms. The zero-order valence-corrected chi connectivity index (χ0v) is 20.9. The van der Waals surface area contributed by atoms with Gasteiger partial charge in [0.1, 0.15) is 5.82 Å². The summed E-state index contributed by atoms with van der Waals surface area (Å²) in [6.45, 7) is 0.843. The number of hydrogen-bond donors (Lipinski definition) is 1. The molecule has 0 amide bonds. The van der Waals surface area contributed by atoms with Crippen LogP contribution in [0.15, 0.2) is 83.8 Å². The summed E-state index contributed by atoms with van der Waals surface area (Å²) in [5.41, 5.74) is 4.50. The molecule has 1 saturated carbocycles. The van der Waals surface area contributed by atoms with Gasteiger partial charge in [0.25, 0.3) is 0 Å². The molecular weight excluding hydrogens is 454 g/mol. The molecule has 1 heterocycles. The summed E-state index contributed by atoms with van der Waals surface area (Å²) in [4.78, 5) is 5.17. The van der Waals surface area contributed by atoms with E-state index < -0.39 is 10.0 Å². The molecule has 4 aromatic rings. The summed E-state index contributed by atoms with van der Waals surface area (Å²) >= 11 is 0. The Labute approximate surface area is 208 Å². The second kappa shape index (κ2) is 10.8. The third-order valence-corrected chi connectivity index (χ3v) is 8.59. The maximum Gasteiger partial charge on any atom is 0.240 e. The lowest BCUT2D eigenvalue weighted by atomic mass is 9.84. The second-order valence-electron chi connectivity index (χ2n) is 9.46. The SMILES string of the molecule is O=S(=O)(NCCn1c(CCc2ccccc2)nc2ccccc21)c1ccc(C2CCCCC2)cc1. The van der Waals surface area contributed by atoms with Crippen molar-refractivity contribution in [1.82, 2.24) is 14.3 Å². The molecule has 182 valence electrons. The van der Waals surface area contributed by atoms with Crippen molar-refractivity contribution in [2.24, 2.45) is 0 Å². The molecule has 0 bridgehead atoms. The Morgan fingerprint density at radius 3 is 2.31 bits per heavy atom. The zero-order valence-electron chi connectivity index (χ0n) is 20.1. The fraction of sp³-hybridized carbons (Fsp3) is 0.345. The van der Waals surface area contributed by atoms with Crippen molar-refractivity contribution in [2.45, 2.75) is 62.3 Å². The van der Waals surface area contributed by atoms with E-state index in [1.165, 1.54) is 43.2 Å². The van der Waals surface area contributed by atoms with Gasteiger partial charge >= 0.3 is 0 Å². The fourth-order valence-corrected chi connectivity index (χ4v) is 6.22. The molecule has 1 aromatic heterocycles. The first-order chi connectivity index (χ1) is 17.1. The Hall–Kier alpha value is -2.96. The largest absolute Gasteiger partial charge is 0.327 e. The van der Waals surface area contributed by atoms with Crippen LogP contribution in [0.1, 0.15) is 55.0 Å². The average molecular weight is 488 g/mol. The lowest BCUT2D eigenvalue weighted by Crippen LogP contribution is -2.28. The minimum Gasteiger partial charge on any atom is -0.327 e. The smallest absolute Gasteiger partial charge is 0.240 e. The van der Waals surface area contributed by atoms with Gasteiger partial charge in [-0.1, -0.05) is 73.9 Å². The molecule has 1 N–H and O–H groups in total. The highest BCUT2D eigenvalue weighted by molar-refractivity contribution is 7.89. The van der Waals surface area contributed by atoms with E-state index in [0.717, 1.165) is 29.7 Å². The van der Waals surface area contributed by atoms with Gasteiger partial charge in [-0.25, -0.2) is 18.1 Å². The van der Waals surface area contributed by atoms with Crippen LogP contribution in [0.3, 0.4) is 0 Å². The summed E-state index contributed by atoms with van der Waals surface area (Å²) in [5.74, 6) is 1.54. The van der Waals surface area contributed by atoms with Gasteiger partial charge in [0, 0.05) is 19.5 Å². The predicted octanol–water partition coefficient (Wildman–Crippen LogP) is 5.85. The summed E-state index contributed by atoms with van der Waals surface area (Å²) in [5, 5.41) is 0. The van der Waals surface area contributed by atoms with E-state index in [2.05, 4.69) is 33.6 Å². The molecule has 35 heavy (non-hydrogen) atoms. The number of fused-ring (bicyclic) bond motifs is 1. The maximum absolute atomic E-state index is 13.0. The van der Waals surface area contributed by atoms with Gasteiger partial charge in [0.05, 0.1) is 15.9 Å². The standard InChI is InChI=1S/C29H33N3O2S/c33-35(34,26-18-16-25(17-19-26)24-11-5-2-6-12-24)30-21-22-32-28-14-8-7-13-27(28)31-29(32)20-15-23-9-3-1-4-10-23/h1,3-4,7-10,13-14,16-19,24,30H,2,5-6,11-12,15,20-22H2. The number of aryl methyl sites for hydroxylation is 2. The van der Waals surface area contributed by atoms with Crippen LogP contribution in [0.5, 0.6) is 0 Å². The van der Waals surface area contributed by atoms with E-state index >= 15 is 0 Å². The number of rotatable bonds is 9. The Balaban J connectivity index is 1.26. The number of nitrogens with one attached hydrogen (secondary N) is 1. The molecule has 6 heteroatoms. The van der Waals surface area contributed by atoms with Crippen molar-refractivity contribution in [2.75, 3.05) is 6.54 Å². The Morgan fingerprint density at radius 2 is 1.54 bits per heavy atom. The highest BCUT2D eigenvalue weighted by Gasteiger charge is 2.18. The summed E-state index contributed by atoms with van der Waals surface area (Å²) in [7, 11) is -3.57. The fourth-order valence-electron chi connectivity index (χ4n) is 5.20. The topological polar surface area (TPSA) is 64.0 Å². The highest BCUT2D eigenvalue weighted by Crippen LogP contribution is 2.32. The van der Waals surface area contributed by atoms with Crippen molar-refractivity contribution >= 4 is 21.1 Å². The number of sulfonamides is 1. The van der Waals surface area contributed by atoms with Gasteiger partial charge in [-0.15, -0.1) is 0 Å². The van der Waals surface area contributed by atoms with Crippen LogP contribution in [-0.2, 0) is 29.4 Å². The predicted molar refractivity (Wildman–Crippen MR) is 141 cm³/mol. The maximum atomic E-state index is 13.0. The number of aromatic nitrogens is 2. The normalized spacial score (nSPS) is 15.0. The lowest BCUT2D eigenvalue weighted by molar-refractivity contribution is 0.443. The van der Waals surface area contributed by atoms with Crippen LogP contribution >= 0.6 is 0 Å². The Morgan fingerprint density at radius 1 is 0.829 bits per heavy atom. The Bertz CT molecular complexity index is 1360. The number of benzene rings is 3.